The molecule has 1 aliphatic rings. The summed E-state index contributed by atoms with van der Waals surface area (Å²) in [5.74, 6) is 1.32. The van der Waals surface area contributed by atoms with Crippen LogP contribution in [0.15, 0.2) is 12.1 Å². The van der Waals surface area contributed by atoms with E-state index in [9.17, 15) is 0 Å². The molecule has 5 heteroatoms. The van der Waals surface area contributed by atoms with Crippen LogP contribution < -0.4 is 14.8 Å². The standard InChI is InChI=1S/C16H24ClNO3/c1-4-5-12-8-11(6-7-21-12)18-14-10-16(20-3)15(19-2)9-13(14)17/h9-12,18H,4-8H2,1-3H3. The Hall–Kier alpha value is -1.13. The lowest BCUT2D eigenvalue weighted by atomic mass is 10.00. The molecule has 118 valence electrons. The van der Waals surface area contributed by atoms with Gasteiger partial charge in [0, 0.05) is 24.8 Å². The Morgan fingerprint density at radius 3 is 2.67 bits per heavy atom. The van der Waals surface area contributed by atoms with Crippen molar-refractivity contribution in [2.75, 3.05) is 26.1 Å². The molecule has 0 radical (unpaired) electrons. The molecule has 0 aromatic heterocycles. The molecule has 1 aromatic carbocycles. The molecule has 0 bridgehead atoms. The third-order valence-electron chi connectivity index (χ3n) is 3.81. The van der Waals surface area contributed by atoms with E-state index in [1.165, 1.54) is 0 Å². The van der Waals surface area contributed by atoms with Gasteiger partial charge in [0.1, 0.15) is 0 Å². The summed E-state index contributed by atoms with van der Waals surface area (Å²) in [6.45, 7) is 2.98. The number of nitrogens with one attached hydrogen (secondary N) is 1. The second-order valence-electron chi connectivity index (χ2n) is 5.33. The number of rotatable bonds is 6. The van der Waals surface area contributed by atoms with E-state index in [0.717, 1.165) is 38.0 Å². The summed E-state index contributed by atoms with van der Waals surface area (Å²) in [7, 11) is 3.23. The first-order chi connectivity index (χ1) is 10.2. The van der Waals surface area contributed by atoms with E-state index in [-0.39, 0.29) is 0 Å². The van der Waals surface area contributed by atoms with Crippen molar-refractivity contribution in [2.24, 2.45) is 0 Å². The normalized spacial score (nSPS) is 21.9. The molecular formula is C16H24ClNO3. The van der Waals surface area contributed by atoms with Gasteiger partial charge in [-0.2, -0.15) is 0 Å². The number of benzene rings is 1. The minimum Gasteiger partial charge on any atom is -0.493 e. The van der Waals surface area contributed by atoms with Crippen molar-refractivity contribution < 1.29 is 14.2 Å². The molecule has 0 amide bonds. The molecule has 1 aliphatic heterocycles. The lowest BCUT2D eigenvalue weighted by Crippen LogP contribution is -2.34. The van der Waals surface area contributed by atoms with E-state index in [0.29, 0.717) is 28.7 Å². The SMILES string of the molecule is CCCC1CC(Nc2cc(OC)c(OC)cc2Cl)CCO1. The third-order valence-corrected chi connectivity index (χ3v) is 4.12. The van der Waals surface area contributed by atoms with Gasteiger partial charge in [0.15, 0.2) is 11.5 Å². The summed E-state index contributed by atoms with van der Waals surface area (Å²) in [4.78, 5) is 0. The Kier molecular flexibility index (Phi) is 6.00. The van der Waals surface area contributed by atoms with Crippen LogP contribution in [0, 0.1) is 0 Å². The third kappa shape index (κ3) is 4.17. The fraction of sp³-hybridized carbons (Fsp3) is 0.625. The van der Waals surface area contributed by atoms with Crippen molar-refractivity contribution in [1.29, 1.82) is 0 Å². The molecule has 1 N–H and O–H groups in total. The molecule has 4 nitrogen and oxygen atoms in total. The maximum atomic E-state index is 6.32. The zero-order chi connectivity index (χ0) is 15.2. The van der Waals surface area contributed by atoms with E-state index < -0.39 is 0 Å². The molecule has 1 fully saturated rings. The number of ether oxygens (including phenoxy) is 3. The first-order valence-corrected chi connectivity index (χ1v) is 7.85. The van der Waals surface area contributed by atoms with Gasteiger partial charge in [-0.05, 0) is 19.3 Å². The van der Waals surface area contributed by atoms with Gasteiger partial charge in [-0.15, -0.1) is 0 Å². The molecule has 1 heterocycles. The lowest BCUT2D eigenvalue weighted by Gasteiger charge is -2.31. The summed E-state index contributed by atoms with van der Waals surface area (Å²) in [5.41, 5.74) is 0.886. The zero-order valence-electron chi connectivity index (χ0n) is 12.9. The zero-order valence-corrected chi connectivity index (χ0v) is 13.7. The molecule has 2 unspecified atom stereocenters. The van der Waals surface area contributed by atoms with Crippen molar-refractivity contribution in [3.63, 3.8) is 0 Å². The Bertz CT molecular complexity index is 465. The molecule has 2 atom stereocenters. The number of halogens is 1. The number of hydrogen-bond acceptors (Lipinski definition) is 4. The van der Waals surface area contributed by atoms with Crippen molar-refractivity contribution >= 4 is 17.3 Å². The van der Waals surface area contributed by atoms with Crippen molar-refractivity contribution in [3.8, 4) is 11.5 Å². The van der Waals surface area contributed by atoms with Crippen molar-refractivity contribution in [1.82, 2.24) is 0 Å². The fourth-order valence-corrected chi connectivity index (χ4v) is 2.93. The Morgan fingerprint density at radius 1 is 1.29 bits per heavy atom. The van der Waals surface area contributed by atoms with Gasteiger partial charge < -0.3 is 19.5 Å². The van der Waals surface area contributed by atoms with Gasteiger partial charge in [-0.1, -0.05) is 24.9 Å². The van der Waals surface area contributed by atoms with Crippen LogP contribution >= 0.6 is 11.6 Å². The summed E-state index contributed by atoms with van der Waals surface area (Å²) < 4.78 is 16.4. The van der Waals surface area contributed by atoms with E-state index in [1.807, 2.05) is 6.07 Å². The second-order valence-corrected chi connectivity index (χ2v) is 5.74. The van der Waals surface area contributed by atoms with Gasteiger partial charge in [0.2, 0.25) is 0 Å². The average molecular weight is 314 g/mol. The van der Waals surface area contributed by atoms with Gasteiger partial charge in [-0.25, -0.2) is 0 Å². The van der Waals surface area contributed by atoms with Crippen LogP contribution in [0.5, 0.6) is 11.5 Å². The topological polar surface area (TPSA) is 39.7 Å². The Labute approximate surface area is 131 Å². The molecule has 0 aliphatic carbocycles. The molecule has 0 spiro atoms. The highest BCUT2D eigenvalue weighted by atomic mass is 35.5. The molecule has 1 saturated heterocycles. The first-order valence-electron chi connectivity index (χ1n) is 7.47. The first kappa shape index (κ1) is 16.2. The maximum absolute atomic E-state index is 6.32. The van der Waals surface area contributed by atoms with Crippen LogP contribution in [0.1, 0.15) is 32.6 Å². The quantitative estimate of drug-likeness (QED) is 0.857. The van der Waals surface area contributed by atoms with Crippen LogP contribution in [0.2, 0.25) is 5.02 Å². The average Bonchev–Trinajstić information content (AvgIpc) is 2.49. The van der Waals surface area contributed by atoms with Gasteiger partial charge in [-0.3, -0.25) is 0 Å². The number of anilines is 1. The summed E-state index contributed by atoms with van der Waals surface area (Å²) in [6, 6.07) is 4.06. The van der Waals surface area contributed by atoms with E-state index >= 15 is 0 Å². The van der Waals surface area contributed by atoms with Crippen LogP contribution in [0.25, 0.3) is 0 Å². The van der Waals surface area contributed by atoms with Gasteiger partial charge >= 0.3 is 0 Å². The monoisotopic (exact) mass is 313 g/mol. The minimum absolute atomic E-state index is 0.347. The Balaban J connectivity index is 2.08. The van der Waals surface area contributed by atoms with Crippen LogP contribution in [-0.4, -0.2) is 33.0 Å². The molecule has 2 rings (SSSR count). The van der Waals surface area contributed by atoms with Crippen molar-refractivity contribution in [2.45, 2.75) is 44.8 Å². The van der Waals surface area contributed by atoms with Gasteiger partial charge in [0.05, 0.1) is 31.0 Å². The molecule has 1 aromatic rings. The largest absolute Gasteiger partial charge is 0.493 e. The highest BCUT2D eigenvalue weighted by molar-refractivity contribution is 6.33. The van der Waals surface area contributed by atoms with E-state index in [2.05, 4.69) is 12.2 Å². The van der Waals surface area contributed by atoms with E-state index in [4.69, 9.17) is 25.8 Å². The highest BCUT2D eigenvalue weighted by Gasteiger charge is 2.23. The summed E-state index contributed by atoms with van der Waals surface area (Å²) in [6.07, 6.45) is 4.61. The number of methoxy groups -OCH3 is 2. The lowest BCUT2D eigenvalue weighted by molar-refractivity contribution is 0.00598. The number of hydrogen-bond donors (Lipinski definition) is 1. The highest BCUT2D eigenvalue weighted by Crippen LogP contribution is 2.37. The smallest absolute Gasteiger partial charge is 0.162 e. The van der Waals surface area contributed by atoms with Crippen LogP contribution in [0.4, 0.5) is 5.69 Å². The summed E-state index contributed by atoms with van der Waals surface area (Å²) >= 11 is 6.32. The van der Waals surface area contributed by atoms with Crippen molar-refractivity contribution in [3.05, 3.63) is 17.2 Å². The fourth-order valence-electron chi connectivity index (χ4n) is 2.72. The second kappa shape index (κ2) is 7.76. The molecular weight excluding hydrogens is 290 g/mol. The predicted molar refractivity (Wildman–Crippen MR) is 85.8 cm³/mol. The molecule has 21 heavy (non-hydrogen) atoms. The summed E-state index contributed by atoms with van der Waals surface area (Å²) in [5, 5.41) is 4.16. The molecule has 0 saturated carbocycles. The van der Waals surface area contributed by atoms with E-state index in [1.54, 1.807) is 20.3 Å². The van der Waals surface area contributed by atoms with Gasteiger partial charge in [0.25, 0.3) is 0 Å². The van der Waals surface area contributed by atoms with Crippen LogP contribution in [-0.2, 0) is 4.74 Å². The minimum atomic E-state index is 0.347. The Morgan fingerprint density at radius 2 is 2.00 bits per heavy atom. The maximum Gasteiger partial charge on any atom is 0.162 e. The predicted octanol–water partition coefficient (Wildman–Crippen LogP) is 4.12. The van der Waals surface area contributed by atoms with Crippen LogP contribution in [0.3, 0.4) is 0 Å².